The highest BCUT2D eigenvalue weighted by Gasteiger charge is 1.78. The summed E-state index contributed by atoms with van der Waals surface area (Å²) < 4.78 is 0. The third-order valence-electron chi connectivity index (χ3n) is 0.453. The monoisotopic (exact) mass is 99.0 g/mol. The average molecular weight is 99.5 g/mol. The Bertz CT molecular complexity index is 111. The third-order valence-corrected chi connectivity index (χ3v) is 0.657. The van der Waals surface area contributed by atoms with Gasteiger partial charge in [-0.3, -0.25) is 0 Å². The second-order valence-corrected chi connectivity index (χ2v) is 1.29. The predicted octanol–water partition coefficient (Wildman–Crippen LogP) is 1.27. The lowest BCUT2D eigenvalue weighted by molar-refractivity contribution is 1.38. The SMILES string of the molecule is Clc1[c][nH][c]c1. The summed E-state index contributed by atoms with van der Waals surface area (Å²) in [7, 11) is 0. The first-order valence-electron chi connectivity index (χ1n) is 1.52. The molecule has 1 nitrogen and oxygen atoms in total. The molecular formula is C4H2ClN. The van der Waals surface area contributed by atoms with E-state index < -0.39 is 0 Å². The number of halogens is 1. The van der Waals surface area contributed by atoms with Crippen molar-refractivity contribution in [2.24, 2.45) is 0 Å². The van der Waals surface area contributed by atoms with Gasteiger partial charge in [0.05, 0.1) is 17.4 Å². The zero-order valence-electron chi connectivity index (χ0n) is 2.96. The third kappa shape index (κ3) is 0.546. The summed E-state index contributed by atoms with van der Waals surface area (Å²) in [5.74, 6) is 0. The number of H-pyrrole nitrogens is 1. The number of rotatable bonds is 0. The van der Waals surface area contributed by atoms with Crippen molar-refractivity contribution in [2.75, 3.05) is 0 Å². The van der Waals surface area contributed by atoms with Crippen LogP contribution in [-0.4, -0.2) is 4.98 Å². The maximum Gasteiger partial charge on any atom is 0.0829 e. The minimum Gasteiger partial charge on any atom is -0.351 e. The van der Waals surface area contributed by atoms with Crippen LogP contribution < -0.4 is 0 Å². The molecule has 0 aliphatic heterocycles. The standard InChI is InChI=1S/C4H2ClN/c5-4-1-2-6-3-4/h1,6H. The average Bonchev–Trinajstić information content (AvgIpc) is 1.86. The lowest BCUT2D eigenvalue weighted by atomic mass is 10.7. The Morgan fingerprint density at radius 1 is 1.83 bits per heavy atom. The summed E-state index contributed by atoms with van der Waals surface area (Å²) in [5.41, 5.74) is 0. The zero-order chi connectivity index (χ0) is 4.41. The summed E-state index contributed by atoms with van der Waals surface area (Å²) in [6.07, 6.45) is 5.20. The Kier molecular flexibility index (Phi) is 0.843. The highest BCUT2D eigenvalue weighted by molar-refractivity contribution is 6.30. The van der Waals surface area contributed by atoms with E-state index >= 15 is 0 Å². The molecule has 1 aromatic rings. The summed E-state index contributed by atoms with van der Waals surface area (Å²) in [6.45, 7) is 0. The number of aromatic amines is 1. The molecule has 1 aromatic heterocycles. The maximum atomic E-state index is 5.34. The van der Waals surface area contributed by atoms with Crippen LogP contribution in [0, 0.1) is 12.4 Å². The highest BCUT2D eigenvalue weighted by Crippen LogP contribution is 2.00. The van der Waals surface area contributed by atoms with Gasteiger partial charge in [0.1, 0.15) is 0 Å². The fourth-order valence-electron chi connectivity index (χ4n) is 0.231. The van der Waals surface area contributed by atoms with Gasteiger partial charge in [-0.05, 0) is 6.07 Å². The van der Waals surface area contributed by atoms with Gasteiger partial charge in [0.25, 0.3) is 0 Å². The van der Waals surface area contributed by atoms with E-state index in [4.69, 9.17) is 11.6 Å². The molecule has 0 amide bonds. The van der Waals surface area contributed by atoms with Gasteiger partial charge in [-0.1, -0.05) is 11.6 Å². The molecule has 0 saturated heterocycles. The first kappa shape index (κ1) is 3.75. The van der Waals surface area contributed by atoms with Crippen molar-refractivity contribution in [1.29, 1.82) is 0 Å². The van der Waals surface area contributed by atoms with Crippen molar-refractivity contribution < 1.29 is 0 Å². The summed E-state index contributed by atoms with van der Waals surface area (Å²) in [4.78, 5) is 2.55. The molecule has 1 heterocycles. The molecule has 0 fully saturated rings. The molecule has 0 aromatic carbocycles. The quantitative estimate of drug-likeness (QED) is 0.504. The van der Waals surface area contributed by atoms with Crippen LogP contribution in [0.5, 0.6) is 0 Å². The second-order valence-electron chi connectivity index (χ2n) is 0.887. The smallest absolute Gasteiger partial charge is 0.0829 e. The zero-order valence-corrected chi connectivity index (χ0v) is 3.71. The first-order chi connectivity index (χ1) is 2.89. The van der Waals surface area contributed by atoms with Crippen LogP contribution in [-0.2, 0) is 0 Å². The fraction of sp³-hybridized carbons (Fsp3) is 0. The molecule has 30 valence electrons. The Hall–Kier alpha value is -0.430. The molecule has 0 spiro atoms. The lowest BCUT2D eigenvalue weighted by Crippen LogP contribution is -1.44. The Morgan fingerprint density at radius 3 is 2.83 bits per heavy atom. The Labute approximate surface area is 40.9 Å². The lowest BCUT2D eigenvalue weighted by Gasteiger charge is -1.60. The van der Waals surface area contributed by atoms with E-state index in [1.165, 1.54) is 0 Å². The molecule has 0 aliphatic rings. The molecule has 0 unspecified atom stereocenters. The van der Waals surface area contributed by atoms with Crippen LogP contribution >= 0.6 is 11.6 Å². The van der Waals surface area contributed by atoms with Gasteiger partial charge in [-0.25, -0.2) is 0 Å². The maximum absolute atomic E-state index is 5.34. The number of hydrogen-bond acceptors (Lipinski definition) is 0. The predicted molar refractivity (Wildman–Crippen MR) is 23.5 cm³/mol. The highest BCUT2D eigenvalue weighted by atomic mass is 35.5. The van der Waals surface area contributed by atoms with Crippen LogP contribution in [0.15, 0.2) is 6.07 Å². The molecule has 0 aliphatic carbocycles. The van der Waals surface area contributed by atoms with Gasteiger partial charge in [0.15, 0.2) is 0 Å². The van der Waals surface area contributed by atoms with E-state index in [1.54, 1.807) is 6.07 Å². The fourth-order valence-corrected chi connectivity index (χ4v) is 0.333. The van der Waals surface area contributed by atoms with Crippen molar-refractivity contribution in [2.45, 2.75) is 0 Å². The molecule has 2 heteroatoms. The molecule has 0 saturated carbocycles. The van der Waals surface area contributed by atoms with Crippen molar-refractivity contribution >= 4 is 11.6 Å². The normalized spacial score (nSPS) is 8.83. The largest absolute Gasteiger partial charge is 0.351 e. The number of hydrogen-bond donors (Lipinski definition) is 1. The van der Waals surface area contributed by atoms with Gasteiger partial charge in [-0.15, -0.1) is 0 Å². The van der Waals surface area contributed by atoms with E-state index in [9.17, 15) is 0 Å². The van der Waals surface area contributed by atoms with Crippen molar-refractivity contribution in [3.63, 3.8) is 0 Å². The van der Waals surface area contributed by atoms with Gasteiger partial charge in [0.2, 0.25) is 0 Å². The summed E-state index contributed by atoms with van der Waals surface area (Å²) in [5, 5.41) is 0.579. The van der Waals surface area contributed by atoms with Crippen LogP contribution in [0.4, 0.5) is 0 Å². The van der Waals surface area contributed by atoms with E-state index in [0.29, 0.717) is 5.02 Å². The van der Waals surface area contributed by atoms with E-state index in [-0.39, 0.29) is 0 Å². The summed E-state index contributed by atoms with van der Waals surface area (Å²) in [6, 6.07) is 1.61. The minimum atomic E-state index is 0.579. The molecule has 2 radical (unpaired) electrons. The van der Waals surface area contributed by atoms with Crippen LogP contribution in [0.25, 0.3) is 0 Å². The molecule has 1 N–H and O–H groups in total. The van der Waals surface area contributed by atoms with Gasteiger partial charge in [0, 0.05) is 0 Å². The second kappa shape index (κ2) is 1.35. The molecule has 0 atom stereocenters. The van der Waals surface area contributed by atoms with Crippen molar-refractivity contribution in [3.8, 4) is 0 Å². The first-order valence-corrected chi connectivity index (χ1v) is 1.89. The van der Waals surface area contributed by atoms with Gasteiger partial charge >= 0.3 is 0 Å². The van der Waals surface area contributed by atoms with Crippen molar-refractivity contribution in [1.82, 2.24) is 4.98 Å². The number of nitrogens with one attached hydrogen (secondary N) is 1. The molecule has 1 rings (SSSR count). The summed E-state index contributed by atoms with van der Waals surface area (Å²) >= 11 is 5.34. The topological polar surface area (TPSA) is 15.8 Å². The van der Waals surface area contributed by atoms with Crippen LogP contribution in [0.2, 0.25) is 5.02 Å². The Morgan fingerprint density at radius 2 is 2.67 bits per heavy atom. The Balaban J connectivity index is 3.05. The van der Waals surface area contributed by atoms with Gasteiger partial charge < -0.3 is 4.98 Å². The van der Waals surface area contributed by atoms with Crippen LogP contribution in [0.1, 0.15) is 0 Å². The van der Waals surface area contributed by atoms with E-state index in [2.05, 4.69) is 17.4 Å². The molecular weight excluding hydrogens is 97.5 g/mol. The molecule has 0 bridgehead atoms. The minimum absolute atomic E-state index is 0.579. The van der Waals surface area contributed by atoms with Gasteiger partial charge in [-0.2, -0.15) is 0 Å². The number of aromatic nitrogens is 1. The van der Waals surface area contributed by atoms with Crippen LogP contribution in [0.3, 0.4) is 0 Å². The van der Waals surface area contributed by atoms with E-state index in [0.717, 1.165) is 0 Å². The van der Waals surface area contributed by atoms with E-state index in [1.807, 2.05) is 0 Å². The molecule has 6 heavy (non-hydrogen) atoms. The van der Waals surface area contributed by atoms with Crippen molar-refractivity contribution in [3.05, 3.63) is 23.5 Å².